The van der Waals surface area contributed by atoms with Gasteiger partial charge in [-0.15, -0.1) is 0 Å². The third-order valence-corrected chi connectivity index (χ3v) is 3.04. The summed E-state index contributed by atoms with van der Waals surface area (Å²) in [5.74, 6) is 3.59. The van der Waals surface area contributed by atoms with E-state index < -0.39 is 0 Å². The Hall–Kier alpha value is -0.380. The van der Waals surface area contributed by atoms with Gasteiger partial charge in [-0.2, -0.15) is 11.8 Å². The van der Waals surface area contributed by atoms with Gasteiger partial charge in [-0.05, 0) is 36.7 Å². The molecule has 84 valence electrons. The average Bonchev–Trinajstić information content (AvgIpc) is 2.15. The number of thioether (sulfide) groups is 1. The van der Waals surface area contributed by atoms with Crippen LogP contribution in [0.2, 0.25) is 0 Å². The summed E-state index contributed by atoms with van der Waals surface area (Å²) in [7, 11) is 0. The molecule has 0 bridgehead atoms. The van der Waals surface area contributed by atoms with Crippen molar-refractivity contribution in [2.75, 3.05) is 11.5 Å². The molecule has 0 saturated carbocycles. The number of amidine groups is 1. The van der Waals surface area contributed by atoms with Gasteiger partial charge in [0.05, 0.1) is 0 Å². The quantitative estimate of drug-likeness (QED) is 0.216. The second-order valence-corrected chi connectivity index (χ2v) is 5.07. The first kappa shape index (κ1) is 13.6. The van der Waals surface area contributed by atoms with E-state index in [-0.39, 0.29) is 0 Å². The Kier molecular flexibility index (Phi) is 8.94. The number of hydrogen-bond donors (Lipinski definition) is 2. The minimum absolute atomic E-state index is 0.345. The van der Waals surface area contributed by atoms with Crippen LogP contribution < -0.4 is 5.73 Å². The van der Waals surface area contributed by atoms with Crippen molar-refractivity contribution in [2.45, 2.75) is 39.5 Å². The molecule has 0 saturated heterocycles. The van der Waals surface area contributed by atoms with E-state index in [1.165, 1.54) is 17.9 Å². The highest BCUT2D eigenvalue weighted by Crippen LogP contribution is 2.11. The molecule has 0 aliphatic carbocycles. The van der Waals surface area contributed by atoms with Crippen molar-refractivity contribution in [1.29, 1.82) is 0 Å². The van der Waals surface area contributed by atoms with Crippen molar-refractivity contribution in [3.8, 4) is 0 Å². The van der Waals surface area contributed by atoms with Gasteiger partial charge in [0, 0.05) is 6.42 Å². The minimum atomic E-state index is 0.345. The highest BCUT2D eigenvalue weighted by molar-refractivity contribution is 7.99. The maximum atomic E-state index is 8.29. The second-order valence-electron chi connectivity index (χ2n) is 3.84. The van der Waals surface area contributed by atoms with Gasteiger partial charge in [-0.25, -0.2) is 0 Å². The summed E-state index contributed by atoms with van der Waals surface area (Å²) in [6.45, 7) is 4.50. The van der Waals surface area contributed by atoms with Gasteiger partial charge in [-0.3, -0.25) is 0 Å². The van der Waals surface area contributed by atoms with E-state index >= 15 is 0 Å². The van der Waals surface area contributed by atoms with E-state index in [0.29, 0.717) is 12.3 Å². The molecule has 0 aromatic heterocycles. The van der Waals surface area contributed by atoms with Crippen LogP contribution in [-0.2, 0) is 0 Å². The van der Waals surface area contributed by atoms with Crippen LogP contribution in [0.5, 0.6) is 0 Å². The molecule has 3 N–H and O–H groups in total. The first-order valence-electron chi connectivity index (χ1n) is 5.21. The number of hydrogen-bond acceptors (Lipinski definition) is 3. The molecule has 0 aromatic rings. The van der Waals surface area contributed by atoms with Gasteiger partial charge in [0.25, 0.3) is 0 Å². The van der Waals surface area contributed by atoms with E-state index in [4.69, 9.17) is 10.9 Å². The molecule has 0 amide bonds. The van der Waals surface area contributed by atoms with E-state index in [0.717, 1.165) is 18.8 Å². The van der Waals surface area contributed by atoms with E-state index in [1.807, 2.05) is 11.8 Å². The van der Waals surface area contributed by atoms with Crippen LogP contribution in [0.15, 0.2) is 5.16 Å². The largest absolute Gasteiger partial charge is 0.409 e. The Morgan fingerprint density at radius 1 is 1.36 bits per heavy atom. The van der Waals surface area contributed by atoms with Gasteiger partial charge < -0.3 is 10.9 Å². The number of unbranched alkanes of at least 4 members (excludes halogenated alkanes) is 1. The van der Waals surface area contributed by atoms with Crippen molar-refractivity contribution in [3.05, 3.63) is 0 Å². The Bertz CT molecular complexity index is 160. The summed E-state index contributed by atoms with van der Waals surface area (Å²) in [4.78, 5) is 0. The predicted octanol–water partition coefficient (Wildman–Crippen LogP) is 2.68. The summed E-state index contributed by atoms with van der Waals surface area (Å²) in [5, 5.41) is 11.2. The van der Waals surface area contributed by atoms with Crippen molar-refractivity contribution in [2.24, 2.45) is 16.8 Å². The van der Waals surface area contributed by atoms with Crippen LogP contribution in [-0.4, -0.2) is 22.5 Å². The zero-order chi connectivity index (χ0) is 10.8. The van der Waals surface area contributed by atoms with Crippen molar-refractivity contribution in [1.82, 2.24) is 0 Å². The lowest BCUT2D eigenvalue weighted by Crippen LogP contribution is -2.10. The van der Waals surface area contributed by atoms with Crippen LogP contribution in [0.3, 0.4) is 0 Å². The number of nitrogens with zero attached hydrogens (tertiary/aromatic N) is 1. The fraction of sp³-hybridized carbons (Fsp3) is 0.900. The Balaban J connectivity index is 3.07. The SMILES string of the molecule is CC(C)CCSCCCCC(N)=NO. The van der Waals surface area contributed by atoms with Crippen molar-refractivity contribution < 1.29 is 5.21 Å². The van der Waals surface area contributed by atoms with E-state index in [9.17, 15) is 0 Å². The molecule has 0 radical (unpaired) electrons. The van der Waals surface area contributed by atoms with Gasteiger partial charge in [0.15, 0.2) is 0 Å². The first-order chi connectivity index (χ1) is 6.66. The zero-order valence-corrected chi connectivity index (χ0v) is 10.0. The smallest absolute Gasteiger partial charge is 0.139 e. The normalized spacial score (nSPS) is 12.4. The summed E-state index contributed by atoms with van der Waals surface area (Å²) in [6.07, 6.45) is 4.18. The van der Waals surface area contributed by atoms with E-state index in [1.54, 1.807) is 0 Å². The molecule has 0 atom stereocenters. The summed E-state index contributed by atoms with van der Waals surface area (Å²) in [5.41, 5.74) is 5.35. The molecule has 0 aliphatic rings. The van der Waals surface area contributed by atoms with Crippen LogP contribution in [0.25, 0.3) is 0 Å². The predicted molar refractivity (Wildman–Crippen MR) is 64.0 cm³/mol. The summed E-state index contributed by atoms with van der Waals surface area (Å²) in [6, 6.07) is 0. The Labute approximate surface area is 91.1 Å². The first-order valence-corrected chi connectivity index (χ1v) is 6.36. The summed E-state index contributed by atoms with van der Waals surface area (Å²) >= 11 is 2.00. The lowest BCUT2D eigenvalue weighted by Gasteiger charge is -2.03. The minimum Gasteiger partial charge on any atom is -0.409 e. The summed E-state index contributed by atoms with van der Waals surface area (Å²) < 4.78 is 0. The Morgan fingerprint density at radius 3 is 2.64 bits per heavy atom. The molecular formula is C10H22N2OS. The number of oxime groups is 1. The number of nitrogens with two attached hydrogens (primary N) is 1. The fourth-order valence-electron chi connectivity index (χ4n) is 0.981. The molecule has 4 heteroatoms. The second kappa shape index (κ2) is 9.19. The maximum absolute atomic E-state index is 8.29. The molecule has 0 unspecified atom stereocenters. The van der Waals surface area contributed by atoms with Crippen molar-refractivity contribution >= 4 is 17.6 Å². The molecule has 0 aromatic carbocycles. The lowest BCUT2D eigenvalue weighted by atomic mass is 10.2. The van der Waals surface area contributed by atoms with Gasteiger partial charge in [0.2, 0.25) is 0 Å². The van der Waals surface area contributed by atoms with Crippen LogP contribution in [0.4, 0.5) is 0 Å². The molecule has 0 rings (SSSR count). The number of rotatable bonds is 8. The van der Waals surface area contributed by atoms with Crippen molar-refractivity contribution in [3.63, 3.8) is 0 Å². The molecule has 3 nitrogen and oxygen atoms in total. The van der Waals surface area contributed by atoms with E-state index in [2.05, 4.69) is 19.0 Å². The van der Waals surface area contributed by atoms with Gasteiger partial charge in [-0.1, -0.05) is 19.0 Å². The van der Waals surface area contributed by atoms with Gasteiger partial charge in [0.1, 0.15) is 5.84 Å². The molecule has 0 spiro atoms. The Morgan fingerprint density at radius 2 is 2.07 bits per heavy atom. The average molecular weight is 218 g/mol. The highest BCUT2D eigenvalue weighted by atomic mass is 32.2. The molecule has 14 heavy (non-hydrogen) atoms. The van der Waals surface area contributed by atoms with Crippen LogP contribution >= 0.6 is 11.8 Å². The third kappa shape index (κ3) is 9.71. The van der Waals surface area contributed by atoms with Crippen LogP contribution in [0.1, 0.15) is 39.5 Å². The fourth-order valence-corrected chi connectivity index (χ4v) is 2.23. The highest BCUT2D eigenvalue weighted by Gasteiger charge is 1.96. The molecule has 0 aliphatic heterocycles. The monoisotopic (exact) mass is 218 g/mol. The molecular weight excluding hydrogens is 196 g/mol. The lowest BCUT2D eigenvalue weighted by molar-refractivity contribution is 0.316. The topological polar surface area (TPSA) is 58.6 Å². The molecule has 0 fully saturated rings. The van der Waals surface area contributed by atoms with Gasteiger partial charge >= 0.3 is 0 Å². The third-order valence-electron chi connectivity index (χ3n) is 1.94. The standard InChI is InChI=1S/C10H22N2OS/c1-9(2)6-8-14-7-4-3-5-10(11)12-13/h9,13H,3-8H2,1-2H3,(H2,11,12). The molecule has 0 heterocycles. The zero-order valence-electron chi connectivity index (χ0n) is 9.20. The van der Waals surface area contributed by atoms with Crippen LogP contribution in [0, 0.1) is 5.92 Å². The maximum Gasteiger partial charge on any atom is 0.139 e.